The fourth-order valence-corrected chi connectivity index (χ4v) is 1.50. The predicted octanol–water partition coefficient (Wildman–Crippen LogP) is 2.89. The van der Waals surface area contributed by atoms with Crippen LogP contribution in [0.15, 0.2) is 11.6 Å². The van der Waals surface area contributed by atoms with Crippen LogP contribution in [0.4, 0.5) is 0 Å². The Morgan fingerprint density at radius 1 is 1.38 bits per heavy atom. The summed E-state index contributed by atoms with van der Waals surface area (Å²) < 4.78 is 10.9. The minimum atomic E-state index is 0.0500. The third kappa shape index (κ3) is 4.44. The smallest absolute Gasteiger partial charge is 0.157 e. The summed E-state index contributed by atoms with van der Waals surface area (Å²) in [6.45, 7) is 6.06. The van der Waals surface area contributed by atoms with Crippen LogP contribution in [-0.2, 0) is 9.47 Å². The van der Waals surface area contributed by atoms with Crippen molar-refractivity contribution in [2.24, 2.45) is 0 Å². The van der Waals surface area contributed by atoms with Crippen molar-refractivity contribution in [3.8, 4) is 0 Å². The molecule has 0 aromatic heterocycles. The Morgan fingerprint density at radius 2 is 2.08 bits per heavy atom. The van der Waals surface area contributed by atoms with Gasteiger partial charge < -0.3 is 9.47 Å². The molecule has 0 radical (unpaired) electrons. The van der Waals surface area contributed by atoms with Crippen LogP contribution >= 0.6 is 0 Å². The molecule has 0 bridgehead atoms. The zero-order chi connectivity index (χ0) is 9.52. The summed E-state index contributed by atoms with van der Waals surface area (Å²) in [7, 11) is 0. The van der Waals surface area contributed by atoms with Crippen LogP contribution in [0.3, 0.4) is 0 Å². The number of allylic oxidation sites excluding steroid dienone is 2. The zero-order valence-electron chi connectivity index (χ0n) is 8.71. The van der Waals surface area contributed by atoms with Gasteiger partial charge in [-0.3, -0.25) is 0 Å². The first kappa shape index (κ1) is 10.7. The SMILES string of the molecule is CC/C=C(\C)CCC1OCCCO1. The summed E-state index contributed by atoms with van der Waals surface area (Å²) in [5, 5.41) is 0. The minimum Gasteiger partial charge on any atom is -0.353 e. The first-order chi connectivity index (χ1) is 6.33. The third-order valence-electron chi connectivity index (χ3n) is 2.22. The average Bonchev–Trinajstić information content (AvgIpc) is 2.17. The van der Waals surface area contributed by atoms with Crippen molar-refractivity contribution in [3.63, 3.8) is 0 Å². The molecule has 1 heterocycles. The molecule has 76 valence electrons. The molecule has 1 aliphatic rings. The van der Waals surface area contributed by atoms with E-state index in [1.165, 1.54) is 5.57 Å². The molecule has 1 rings (SSSR count). The largest absolute Gasteiger partial charge is 0.353 e. The van der Waals surface area contributed by atoms with Gasteiger partial charge in [0.05, 0.1) is 13.2 Å². The molecule has 1 saturated heterocycles. The Labute approximate surface area is 80.9 Å². The number of ether oxygens (including phenoxy) is 2. The summed E-state index contributed by atoms with van der Waals surface area (Å²) >= 11 is 0. The first-order valence-corrected chi connectivity index (χ1v) is 5.21. The van der Waals surface area contributed by atoms with Gasteiger partial charge in [0.2, 0.25) is 0 Å². The zero-order valence-corrected chi connectivity index (χ0v) is 8.71. The summed E-state index contributed by atoms with van der Waals surface area (Å²) in [6, 6.07) is 0. The van der Waals surface area contributed by atoms with Crippen LogP contribution < -0.4 is 0 Å². The van der Waals surface area contributed by atoms with Crippen molar-refractivity contribution in [1.82, 2.24) is 0 Å². The first-order valence-electron chi connectivity index (χ1n) is 5.21. The molecule has 0 aromatic carbocycles. The van der Waals surface area contributed by atoms with E-state index >= 15 is 0 Å². The number of hydrogen-bond donors (Lipinski definition) is 0. The highest BCUT2D eigenvalue weighted by atomic mass is 16.7. The molecule has 0 spiro atoms. The molecule has 0 N–H and O–H groups in total. The van der Waals surface area contributed by atoms with E-state index in [4.69, 9.17) is 9.47 Å². The third-order valence-corrected chi connectivity index (χ3v) is 2.22. The van der Waals surface area contributed by atoms with E-state index < -0.39 is 0 Å². The van der Waals surface area contributed by atoms with Crippen LogP contribution in [0, 0.1) is 0 Å². The van der Waals surface area contributed by atoms with Crippen molar-refractivity contribution < 1.29 is 9.47 Å². The lowest BCUT2D eigenvalue weighted by molar-refractivity contribution is -0.180. The summed E-state index contributed by atoms with van der Waals surface area (Å²) in [5.74, 6) is 0. The normalized spacial score (nSPS) is 20.6. The maximum absolute atomic E-state index is 5.46. The van der Waals surface area contributed by atoms with Gasteiger partial charge in [-0.15, -0.1) is 0 Å². The van der Waals surface area contributed by atoms with Crippen molar-refractivity contribution in [3.05, 3.63) is 11.6 Å². The van der Waals surface area contributed by atoms with E-state index in [0.29, 0.717) is 0 Å². The van der Waals surface area contributed by atoms with Gasteiger partial charge >= 0.3 is 0 Å². The molecule has 2 heteroatoms. The van der Waals surface area contributed by atoms with E-state index in [0.717, 1.165) is 38.9 Å². The van der Waals surface area contributed by atoms with Gasteiger partial charge in [-0.05, 0) is 26.2 Å². The summed E-state index contributed by atoms with van der Waals surface area (Å²) in [6.07, 6.45) is 6.58. The lowest BCUT2D eigenvalue weighted by Crippen LogP contribution is -2.24. The highest BCUT2D eigenvalue weighted by Gasteiger charge is 2.13. The van der Waals surface area contributed by atoms with Crippen molar-refractivity contribution >= 4 is 0 Å². The van der Waals surface area contributed by atoms with Gasteiger partial charge in [0.15, 0.2) is 6.29 Å². The molecule has 1 fully saturated rings. The topological polar surface area (TPSA) is 18.5 Å². The molecule has 0 amide bonds. The number of hydrogen-bond acceptors (Lipinski definition) is 2. The minimum absolute atomic E-state index is 0.0500. The molecular weight excluding hydrogens is 164 g/mol. The maximum Gasteiger partial charge on any atom is 0.157 e. The Morgan fingerprint density at radius 3 is 2.69 bits per heavy atom. The molecule has 13 heavy (non-hydrogen) atoms. The van der Waals surface area contributed by atoms with Crippen molar-refractivity contribution in [1.29, 1.82) is 0 Å². The molecular formula is C11H20O2. The quantitative estimate of drug-likeness (QED) is 0.625. The number of rotatable bonds is 4. The Balaban J connectivity index is 2.13. The van der Waals surface area contributed by atoms with Crippen molar-refractivity contribution in [2.75, 3.05) is 13.2 Å². The highest BCUT2D eigenvalue weighted by Crippen LogP contribution is 2.14. The van der Waals surface area contributed by atoms with E-state index in [-0.39, 0.29) is 6.29 Å². The molecule has 0 unspecified atom stereocenters. The van der Waals surface area contributed by atoms with Crippen LogP contribution in [0.1, 0.15) is 39.5 Å². The fraction of sp³-hybridized carbons (Fsp3) is 0.818. The van der Waals surface area contributed by atoms with Crippen LogP contribution in [0.25, 0.3) is 0 Å². The van der Waals surface area contributed by atoms with Gasteiger partial charge in [-0.2, -0.15) is 0 Å². The van der Waals surface area contributed by atoms with Gasteiger partial charge in [0.1, 0.15) is 0 Å². The maximum atomic E-state index is 5.46. The Bertz CT molecular complexity index is 157. The molecule has 0 saturated carbocycles. The molecule has 0 atom stereocenters. The lowest BCUT2D eigenvalue weighted by atomic mass is 10.1. The van der Waals surface area contributed by atoms with E-state index in [1.54, 1.807) is 0 Å². The van der Waals surface area contributed by atoms with E-state index in [2.05, 4.69) is 19.9 Å². The summed E-state index contributed by atoms with van der Waals surface area (Å²) in [5.41, 5.74) is 1.44. The highest BCUT2D eigenvalue weighted by molar-refractivity contribution is 4.97. The van der Waals surface area contributed by atoms with E-state index in [1.807, 2.05) is 0 Å². The second kappa shape index (κ2) is 6.17. The molecule has 1 aliphatic heterocycles. The second-order valence-electron chi connectivity index (χ2n) is 3.52. The summed E-state index contributed by atoms with van der Waals surface area (Å²) in [4.78, 5) is 0. The van der Waals surface area contributed by atoms with Crippen LogP contribution in [0.2, 0.25) is 0 Å². The molecule has 0 aromatic rings. The monoisotopic (exact) mass is 184 g/mol. The van der Waals surface area contributed by atoms with Crippen molar-refractivity contribution in [2.45, 2.75) is 45.8 Å². The van der Waals surface area contributed by atoms with Gasteiger partial charge in [-0.25, -0.2) is 0 Å². The molecule has 0 aliphatic carbocycles. The predicted molar refractivity (Wildman–Crippen MR) is 53.6 cm³/mol. The molecule has 2 nitrogen and oxygen atoms in total. The van der Waals surface area contributed by atoms with Gasteiger partial charge in [0, 0.05) is 6.42 Å². The van der Waals surface area contributed by atoms with Crippen LogP contribution in [0.5, 0.6) is 0 Å². The Kier molecular flexibility index (Phi) is 5.09. The second-order valence-corrected chi connectivity index (χ2v) is 3.52. The van der Waals surface area contributed by atoms with E-state index in [9.17, 15) is 0 Å². The lowest BCUT2D eigenvalue weighted by Gasteiger charge is -2.23. The Hall–Kier alpha value is -0.340. The standard InChI is InChI=1S/C11H20O2/c1-3-5-10(2)6-7-11-12-8-4-9-13-11/h5,11H,3-4,6-9H2,1-2H3/b10-5+. The van der Waals surface area contributed by atoms with Gasteiger partial charge in [-0.1, -0.05) is 18.6 Å². The fourth-order valence-electron chi connectivity index (χ4n) is 1.50. The van der Waals surface area contributed by atoms with Crippen LogP contribution in [-0.4, -0.2) is 19.5 Å². The van der Waals surface area contributed by atoms with Gasteiger partial charge in [0.25, 0.3) is 0 Å². The average molecular weight is 184 g/mol.